The van der Waals surface area contributed by atoms with Crippen molar-refractivity contribution in [3.05, 3.63) is 105 Å². The van der Waals surface area contributed by atoms with Crippen molar-refractivity contribution in [3.8, 4) is 0 Å². The Balaban J connectivity index is 1.36. The zero-order chi connectivity index (χ0) is 30.1. The number of likely N-dealkylation sites (tertiary alicyclic amines) is 1. The number of nitrogens with zero attached hydrogens (tertiary/aromatic N) is 2. The van der Waals surface area contributed by atoms with E-state index in [0.717, 1.165) is 24.9 Å². The largest absolute Gasteiger partial charge is 0.354 e. The van der Waals surface area contributed by atoms with E-state index in [1.165, 1.54) is 24.3 Å². The van der Waals surface area contributed by atoms with Crippen molar-refractivity contribution in [2.45, 2.75) is 25.8 Å². The molecular weight excluding hydrogens is 552 g/mol. The number of nitro groups is 1. The molecule has 6 rings (SSSR count). The molecule has 3 heterocycles. The highest BCUT2D eigenvalue weighted by atomic mass is 16.6. The summed E-state index contributed by atoms with van der Waals surface area (Å²) in [5.74, 6) is -0.798. The summed E-state index contributed by atoms with van der Waals surface area (Å²) in [6, 6.07) is 18.1. The van der Waals surface area contributed by atoms with Gasteiger partial charge in [-0.2, -0.15) is 0 Å². The first-order valence-electron chi connectivity index (χ1n) is 13.7. The van der Waals surface area contributed by atoms with E-state index in [1.54, 1.807) is 24.3 Å². The zero-order valence-corrected chi connectivity index (χ0v) is 22.8. The van der Waals surface area contributed by atoms with Crippen LogP contribution >= 0.6 is 0 Å². The van der Waals surface area contributed by atoms with E-state index >= 15 is 0 Å². The highest BCUT2D eigenvalue weighted by Gasteiger charge is 2.30. The van der Waals surface area contributed by atoms with Crippen LogP contribution in [0.3, 0.4) is 0 Å². The maximum Gasteiger partial charge on any atom is 0.326 e. The maximum atomic E-state index is 13.3. The van der Waals surface area contributed by atoms with Crippen LogP contribution in [0.1, 0.15) is 41.5 Å². The van der Waals surface area contributed by atoms with Gasteiger partial charge in [0.2, 0.25) is 5.91 Å². The number of hydrogen-bond donors (Lipinski definition) is 4. The molecule has 0 spiro atoms. The molecule has 3 aromatic carbocycles. The third kappa shape index (κ3) is 5.71. The molecule has 0 aliphatic carbocycles. The second kappa shape index (κ2) is 11.2. The number of nitro benzene ring substituents is 1. The van der Waals surface area contributed by atoms with Crippen LogP contribution in [-0.4, -0.2) is 40.1 Å². The lowest BCUT2D eigenvalue weighted by Gasteiger charge is -2.26. The number of anilines is 2. The number of nitrogens with one attached hydrogen (secondary N) is 4. The summed E-state index contributed by atoms with van der Waals surface area (Å²) in [5, 5.41) is 22.2. The van der Waals surface area contributed by atoms with Gasteiger partial charge in [-0.3, -0.25) is 29.8 Å². The minimum Gasteiger partial charge on any atom is -0.354 e. The number of urea groups is 1. The van der Waals surface area contributed by atoms with Crippen molar-refractivity contribution in [1.29, 1.82) is 0 Å². The van der Waals surface area contributed by atoms with Gasteiger partial charge >= 0.3 is 6.03 Å². The van der Waals surface area contributed by atoms with Gasteiger partial charge < -0.3 is 20.9 Å². The SMILES string of the molecule is O=C1NC(=O)/C(=C\c2ccc(N/C(=C3\C(=O)Nc4ccc([N+](=O)[O-])cc43)c3ccc(CN4CCCCC4=O)cc3)cc2)N1. The van der Waals surface area contributed by atoms with Crippen LogP contribution in [0.25, 0.3) is 17.3 Å². The lowest BCUT2D eigenvalue weighted by Crippen LogP contribution is -2.34. The average molecular weight is 579 g/mol. The summed E-state index contributed by atoms with van der Waals surface area (Å²) in [5.41, 5.74) is 4.39. The number of imide groups is 1. The monoisotopic (exact) mass is 578 g/mol. The van der Waals surface area contributed by atoms with Crippen LogP contribution in [0, 0.1) is 10.1 Å². The molecule has 216 valence electrons. The van der Waals surface area contributed by atoms with E-state index in [4.69, 9.17) is 0 Å². The predicted octanol–water partition coefficient (Wildman–Crippen LogP) is 4.22. The van der Waals surface area contributed by atoms with Crippen LogP contribution in [0.2, 0.25) is 0 Å². The van der Waals surface area contributed by atoms with Gasteiger partial charge in [-0.15, -0.1) is 0 Å². The van der Waals surface area contributed by atoms with E-state index < -0.39 is 22.8 Å². The highest BCUT2D eigenvalue weighted by Crippen LogP contribution is 2.39. The Morgan fingerprint density at radius 2 is 1.67 bits per heavy atom. The molecule has 0 aromatic heterocycles. The van der Waals surface area contributed by atoms with E-state index in [1.807, 2.05) is 29.2 Å². The Morgan fingerprint density at radius 3 is 2.35 bits per heavy atom. The van der Waals surface area contributed by atoms with Crippen molar-refractivity contribution < 1.29 is 24.1 Å². The van der Waals surface area contributed by atoms with Crippen molar-refractivity contribution in [1.82, 2.24) is 15.5 Å². The molecule has 3 aromatic rings. The number of fused-ring (bicyclic) bond motifs is 1. The van der Waals surface area contributed by atoms with Gasteiger partial charge in [-0.05, 0) is 53.8 Å². The smallest absolute Gasteiger partial charge is 0.326 e. The fourth-order valence-electron chi connectivity index (χ4n) is 5.28. The van der Waals surface area contributed by atoms with Gasteiger partial charge in [-0.1, -0.05) is 36.4 Å². The number of amides is 5. The van der Waals surface area contributed by atoms with E-state index in [-0.39, 0.29) is 22.9 Å². The number of rotatable bonds is 7. The number of carbonyl (C=O) groups is 4. The van der Waals surface area contributed by atoms with Gasteiger partial charge in [0, 0.05) is 48.6 Å². The molecule has 0 bridgehead atoms. The number of hydrogen-bond acceptors (Lipinski definition) is 7. The van der Waals surface area contributed by atoms with E-state index in [2.05, 4.69) is 21.3 Å². The molecule has 3 aliphatic heterocycles. The second-order valence-corrected chi connectivity index (χ2v) is 10.4. The molecule has 5 amide bonds. The van der Waals surface area contributed by atoms with Crippen LogP contribution in [0.15, 0.2) is 72.4 Å². The van der Waals surface area contributed by atoms with Crippen LogP contribution in [-0.2, 0) is 20.9 Å². The first-order valence-corrected chi connectivity index (χ1v) is 13.7. The topological polar surface area (TPSA) is 163 Å². The Bertz CT molecular complexity index is 1740. The van der Waals surface area contributed by atoms with Crippen LogP contribution < -0.4 is 21.3 Å². The van der Waals surface area contributed by atoms with Crippen LogP contribution in [0.5, 0.6) is 0 Å². The third-order valence-corrected chi connectivity index (χ3v) is 7.46. The molecule has 2 fully saturated rings. The van der Waals surface area contributed by atoms with Crippen molar-refractivity contribution in [2.24, 2.45) is 0 Å². The summed E-state index contributed by atoms with van der Waals surface area (Å²) >= 11 is 0. The van der Waals surface area contributed by atoms with Gasteiger partial charge in [0.15, 0.2) is 0 Å². The molecule has 0 unspecified atom stereocenters. The minimum absolute atomic E-state index is 0.126. The fraction of sp³-hybridized carbons (Fsp3) is 0.161. The standard InChI is InChI=1S/C31H26N6O6/c38-26-3-1-2-14-36(26)17-19-4-8-20(9-5-19)28(27-23-16-22(37(42)43)12-13-24(23)33-30(27)40)32-21-10-6-18(7-11-21)15-25-29(39)35-31(41)34-25/h4-13,15-16,32H,1-3,14,17H2,(H,33,40)(H2,34,35,39,41)/b25-15+,28-27-. The number of non-ortho nitro benzene ring substituents is 1. The van der Waals surface area contributed by atoms with Crippen molar-refractivity contribution in [2.75, 3.05) is 17.2 Å². The number of carbonyl (C=O) groups excluding carboxylic acids is 4. The summed E-state index contributed by atoms with van der Waals surface area (Å²) in [7, 11) is 0. The summed E-state index contributed by atoms with van der Waals surface area (Å²) in [6.45, 7) is 1.21. The van der Waals surface area contributed by atoms with Gasteiger partial charge in [0.05, 0.1) is 16.2 Å². The minimum atomic E-state index is -0.588. The summed E-state index contributed by atoms with van der Waals surface area (Å²) in [4.78, 5) is 61.7. The van der Waals surface area contributed by atoms with Gasteiger partial charge in [0.25, 0.3) is 17.5 Å². The molecule has 0 saturated carbocycles. The Kier molecular flexibility index (Phi) is 7.16. The number of piperidine rings is 1. The first kappa shape index (κ1) is 27.4. The Morgan fingerprint density at radius 1 is 0.907 bits per heavy atom. The lowest BCUT2D eigenvalue weighted by atomic mass is 9.98. The molecular formula is C31H26N6O6. The molecule has 12 heteroatoms. The third-order valence-electron chi connectivity index (χ3n) is 7.46. The van der Waals surface area contributed by atoms with Gasteiger partial charge in [-0.25, -0.2) is 4.79 Å². The molecule has 0 atom stereocenters. The molecule has 43 heavy (non-hydrogen) atoms. The zero-order valence-electron chi connectivity index (χ0n) is 22.8. The van der Waals surface area contributed by atoms with Crippen molar-refractivity contribution >= 4 is 58.2 Å². The second-order valence-electron chi connectivity index (χ2n) is 10.4. The first-order chi connectivity index (χ1) is 20.7. The Hall–Kier alpha value is -5.78. The molecule has 2 saturated heterocycles. The van der Waals surface area contributed by atoms with E-state index in [0.29, 0.717) is 46.7 Å². The fourth-order valence-corrected chi connectivity index (χ4v) is 5.28. The molecule has 3 aliphatic rings. The highest BCUT2D eigenvalue weighted by molar-refractivity contribution is 6.37. The summed E-state index contributed by atoms with van der Waals surface area (Å²) in [6.07, 6.45) is 3.97. The Labute approximate surface area is 245 Å². The molecule has 4 N–H and O–H groups in total. The molecule has 12 nitrogen and oxygen atoms in total. The lowest BCUT2D eigenvalue weighted by molar-refractivity contribution is -0.384. The van der Waals surface area contributed by atoms with Crippen molar-refractivity contribution in [3.63, 3.8) is 0 Å². The number of benzene rings is 3. The van der Waals surface area contributed by atoms with Crippen LogP contribution in [0.4, 0.5) is 21.9 Å². The van der Waals surface area contributed by atoms with E-state index in [9.17, 15) is 29.3 Å². The van der Waals surface area contributed by atoms with Gasteiger partial charge in [0.1, 0.15) is 5.70 Å². The predicted molar refractivity (Wildman–Crippen MR) is 159 cm³/mol. The quantitative estimate of drug-likeness (QED) is 0.141. The normalized spacial score (nSPS) is 18.2. The summed E-state index contributed by atoms with van der Waals surface area (Å²) < 4.78 is 0. The molecule has 0 radical (unpaired) electrons. The maximum absolute atomic E-state index is 13.3. The average Bonchev–Trinajstić information content (AvgIpc) is 3.49.